The fraction of sp³-hybridized carbons (Fsp3) is 0.618. The van der Waals surface area contributed by atoms with Crippen LogP contribution in [0.2, 0.25) is 0 Å². The number of amides is 1. The lowest BCUT2D eigenvalue weighted by Gasteiger charge is -2.49. The van der Waals surface area contributed by atoms with Crippen molar-refractivity contribution in [1.82, 2.24) is 15.1 Å². The molecule has 2 aromatic carbocycles. The average Bonchev–Trinajstić information content (AvgIpc) is 3.58. The fourth-order valence-corrected chi connectivity index (χ4v) is 8.18. The molecule has 4 aliphatic rings. The number of carbonyl (C=O) groups excluding carboxylic acids is 1. The number of nitrogens with one attached hydrogen (secondary N) is 1. The number of carbonyl (C=O) groups is 1. The lowest BCUT2D eigenvalue weighted by molar-refractivity contribution is -0.136. The van der Waals surface area contributed by atoms with Crippen molar-refractivity contribution in [1.29, 1.82) is 0 Å². The number of rotatable bonds is 8. The minimum Gasteiger partial charge on any atom is -0.493 e. The van der Waals surface area contributed by atoms with Crippen molar-refractivity contribution in [2.75, 3.05) is 54.6 Å². The first-order chi connectivity index (χ1) is 20.5. The molecular weight excluding hydrogens is 530 g/mol. The van der Waals surface area contributed by atoms with Crippen LogP contribution in [-0.4, -0.2) is 76.4 Å². The maximum Gasteiger partial charge on any atom is 0.240 e. The summed E-state index contributed by atoms with van der Waals surface area (Å²) in [5.41, 5.74) is 5.23. The van der Waals surface area contributed by atoms with Gasteiger partial charge in [0, 0.05) is 25.7 Å². The Morgan fingerprint density at radius 1 is 0.857 bits per heavy atom. The monoisotopic (exact) mass is 577 g/mol. The first-order valence-electron chi connectivity index (χ1n) is 15.8. The van der Waals surface area contributed by atoms with E-state index in [0.717, 1.165) is 94.1 Å². The van der Waals surface area contributed by atoms with Crippen molar-refractivity contribution in [3.63, 3.8) is 0 Å². The van der Waals surface area contributed by atoms with Gasteiger partial charge in [0.25, 0.3) is 0 Å². The normalized spacial score (nSPS) is 27.1. The molecule has 6 rings (SSSR count). The lowest BCUT2D eigenvalue weighted by atomic mass is 9.72. The summed E-state index contributed by atoms with van der Waals surface area (Å²) in [7, 11) is 6.82. The molecule has 2 saturated heterocycles. The third-order valence-electron chi connectivity index (χ3n) is 10.5. The van der Waals surface area contributed by atoms with Gasteiger partial charge in [-0.25, -0.2) is 0 Å². The molecule has 0 aliphatic carbocycles. The predicted molar refractivity (Wildman–Crippen MR) is 163 cm³/mol. The molecule has 8 nitrogen and oxygen atoms in total. The van der Waals surface area contributed by atoms with Crippen molar-refractivity contribution in [2.45, 2.75) is 70.0 Å². The van der Waals surface area contributed by atoms with Gasteiger partial charge in [0.15, 0.2) is 23.0 Å². The second-order valence-corrected chi connectivity index (χ2v) is 12.4. The summed E-state index contributed by atoms with van der Waals surface area (Å²) in [5.74, 6) is 4.41. The summed E-state index contributed by atoms with van der Waals surface area (Å²) in [5, 5.41) is 3.47. The summed E-state index contributed by atoms with van der Waals surface area (Å²) in [6.45, 7) is 6.14. The predicted octanol–water partition coefficient (Wildman–Crippen LogP) is 4.93. The van der Waals surface area contributed by atoms with Crippen molar-refractivity contribution in [2.24, 2.45) is 11.8 Å². The van der Waals surface area contributed by atoms with Crippen LogP contribution in [0, 0.1) is 11.8 Å². The number of hydrogen-bond acceptors (Lipinski definition) is 7. The number of nitrogens with zero attached hydrogens (tertiary/aromatic N) is 2. The zero-order valence-corrected chi connectivity index (χ0v) is 25.9. The van der Waals surface area contributed by atoms with Gasteiger partial charge in [0.2, 0.25) is 5.91 Å². The van der Waals surface area contributed by atoms with E-state index in [1.807, 2.05) is 0 Å². The minimum absolute atomic E-state index is 0.0162. The van der Waals surface area contributed by atoms with Crippen LogP contribution in [0.1, 0.15) is 73.4 Å². The topological polar surface area (TPSA) is 72.5 Å². The van der Waals surface area contributed by atoms with Crippen molar-refractivity contribution >= 4 is 5.91 Å². The maximum absolute atomic E-state index is 14.0. The molecule has 0 radical (unpaired) electrons. The Bertz CT molecular complexity index is 1290. The molecule has 4 aliphatic heterocycles. The molecule has 1 amide bonds. The lowest BCUT2D eigenvalue weighted by Crippen LogP contribution is -2.50. The second-order valence-electron chi connectivity index (χ2n) is 12.4. The summed E-state index contributed by atoms with van der Waals surface area (Å²) < 4.78 is 22.8. The van der Waals surface area contributed by atoms with Gasteiger partial charge < -0.3 is 29.2 Å². The fourth-order valence-electron chi connectivity index (χ4n) is 8.18. The highest BCUT2D eigenvalue weighted by molar-refractivity contribution is 5.83. The van der Waals surface area contributed by atoms with Crippen LogP contribution in [0.3, 0.4) is 0 Å². The molecule has 0 aromatic heterocycles. The molecule has 0 unspecified atom stereocenters. The largest absolute Gasteiger partial charge is 0.493 e. The number of methoxy groups -OCH3 is 4. The highest BCUT2D eigenvalue weighted by Gasteiger charge is 2.43. The van der Waals surface area contributed by atoms with Crippen LogP contribution >= 0.6 is 0 Å². The smallest absolute Gasteiger partial charge is 0.240 e. The van der Waals surface area contributed by atoms with Crippen LogP contribution in [0.4, 0.5) is 0 Å². The quantitative estimate of drug-likeness (QED) is 0.477. The average molecular weight is 578 g/mol. The third-order valence-corrected chi connectivity index (χ3v) is 10.5. The molecule has 228 valence electrons. The molecule has 0 saturated carbocycles. The molecular formula is C34H47N3O5. The van der Waals surface area contributed by atoms with Crippen LogP contribution in [0.25, 0.3) is 0 Å². The van der Waals surface area contributed by atoms with Crippen LogP contribution in [0.5, 0.6) is 23.0 Å². The van der Waals surface area contributed by atoms with Gasteiger partial charge in [0.1, 0.15) is 0 Å². The van der Waals surface area contributed by atoms with Gasteiger partial charge in [-0.2, -0.15) is 0 Å². The van der Waals surface area contributed by atoms with E-state index in [1.165, 1.54) is 22.3 Å². The minimum atomic E-state index is -0.0781. The van der Waals surface area contributed by atoms with Crippen LogP contribution in [0.15, 0.2) is 24.3 Å². The Balaban J connectivity index is 1.35. The zero-order valence-electron chi connectivity index (χ0n) is 25.9. The highest BCUT2D eigenvalue weighted by atomic mass is 16.5. The van der Waals surface area contributed by atoms with E-state index in [1.54, 1.807) is 28.4 Å². The van der Waals surface area contributed by atoms with Gasteiger partial charge >= 0.3 is 0 Å². The molecule has 2 fully saturated rings. The zero-order chi connectivity index (χ0) is 29.4. The van der Waals surface area contributed by atoms with E-state index in [0.29, 0.717) is 17.9 Å². The Kier molecular flexibility index (Phi) is 8.55. The maximum atomic E-state index is 14.0. The van der Waals surface area contributed by atoms with E-state index in [4.69, 9.17) is 18.9 Å². The summed E-state index contributed by atoms with van der Waals surface area (Å²) >= 11 is 0. The number of benzene rings is 2. The van der Waals surface area contributed by atoms with E-state index < -0.39 is 0 Å². The Morgan fingerprint density at radius 3 is 2.10 bits per heavy atom. The third kappa shape index (κ3) is 5.21. The van der Waals surface area contributed by atoms with Crippen molar-refractivity contribution in [3.05, 3.63) is 46.5 Å². The number of piperidine rings is 1. The second kappa shape index (κ2) is 12.3. The van der Waals surface area contributed by atoms with E-state index in [2.05, 4.69) is 46.3 Å². The van der Waals surface area contributed by atoms with Crippen LogP contribution < -0.4 is 24.3 Å². The Hall–Kier alpha value is -2.97. The Morgan fingerprint density at radius 2 is 1.48 bits per heavy atom. The van der Waals surface area contributed by atoms with Gasteiger partial charge in [-0.1, -0.05) is 13.3 Å². The SMILES string of the molecule is CC[C@H]1CN2CCc3cc(OC)c(OC)cc3[C@@H]2C[C@@H]1C[C@@H]1c2cc(OC)c(OC)cc2CCN1C(=O)[C@@H]1CCCN1. The molecule has 42 heavy (non-hydrogen) atoms. The van der Waals surface area contributed by atoms with Gasteiger partial charge in [-0.05, 0) is 103 Å². The summed E-state index contributed by atoms with van der Waals surface area (Å²) in [6.07, 6.45) is 7.00. The summed E-state index contributed by atoms with van der Waals surface area (Å²) in [4.78, 5) is 18.9. The number of ether oxygens (including phenoxy) is 4. The molecule has 0 spiro atoms. The molecule has 2 aromatic rings. The molecule has 1 N–H and O–H groups in total. The number of hydrogen-bond donors (Lipinski definition) is 1. The molecule has 0 bridgehead atoms. The molecule has 4 heterocycles. The van der Waals surface area contributed by atoms with Crippen molar-refractivity contribution in [3.8, 4) is 23.0 Å². The highest BCUT2D eigenvalue weighted by Crippen LogP contribution is 2.49. The van der Waals surface area contributed by atoms with E-state index in [9.17, 15) is 4.79 Å². The van der Waals surface area contributed by atoms with Gasteiger partial charge in [-0.15, -0.1) is 0 Å². The molecule has 5 atom stereocenters. The Labute approximate surface area is 250 Å². The first-order valence-corrected chi connectivity index (χ1v) is 15.8. The van der Waals surface area contributed by atoms with Gasteiger partial charge in [0.05, 0.1) is 40.5 Å². The van der Waals surface area contributed by atoms with E-state index in [-0.39, 0.29) is 18.0 Å². The van der Waals surface area contributed by atoms with Crippen molar-refractivity contribution < 1.29 is 23.7 Å². The van der Waals surface area contributed by atoms with Crippen LogP contribution in [-0.2, 0) is 17.6 Å². The van der Waals surface area contributed by atoms with E-state index >= 15 is 0 Å². The summed E-state index contributed by atoms with van der Waals surface area (Å²) in [6, 6.07) is 8.95. The number of fused-ring (bicyclic) bond motifs is 4. The molecule has 8 heteroatoms. The standard InChI is InChI=1S/C34H47N3O5/c1-6-21-20-36-12-9-22-16-30(39-2)32(41-4)18-25(22)28(36)14-24(21)15-29-26-19-33(42-5)31(40-3)17-23(26)10-13-37(29)34(38)27-8-7-11-35-27/h16-19,21,24,27-29,35H,6-15,20H2,1-5H3/t21-,24+,27-,28-,29+/m0/s1. The first kappa shape index (κ1) is 29.1. The van der Waals surface area contributed by atoms with Gasteiger partial charge in [-0.3, -0.25) is 9.69 Å².